The molecule has 0 N–H and O–H groups in total. The highest BCUT2D eigenvalue weighted by Crippen LogP contribution is 2.22. The maximum Gasteiger partial charge on any atom is 0.262 e. The van der Waals surface area contributed by atoms with Crippen LogP contribution in [0.25, 0.3) is 10.9 Å². The Balaban J connectivity index is 2.35. The summed E-state index contributed by atoms with van der Waals surface area (Å²) < 4.78 is 1.70. The van der Waals surface area contributed by atoms with E-state index in [4.69, 9.17) is 5.26 Å². The predicted octanol–water partition coefficient (Wildman–Crippen LogP) is 3.59. The van der Waals surface area contributed by atoms with E-state index in [1.165, 1.54) is 11.8 Å². The Labute approximate surface area is 145 Å². The topological polar surface area (TPSA) is 82.5 Å². The molecule has 124 valence electrons. The first kappa shape index (κ1) is 18.0. The van der Waals surface area contributed by atoms with Crippen LogP contribution in [0, 0.1) is 34.5 Å². The van der Waals surface area contributed by atoms with Crippen molar-refractivity contribution in [3.63, 3.8) is 0 Å². The average molecular weight is 340 g/mol. The van der Waals surface area contributed by atoms with Crippen molar-refractivity contribution < 1.29 is 0 Å². The van der Waals surface area contributed by atoms with Gasteiger partial charge >= 0.3 is 0 Å². The minimum absolute atomic E-state index is 0.0395. The molecule has 0 spiro atoms. The first-order valence-corrected chi connectivity index (χ1v) is 8.94. The molecule has 24 heavy (non-hydrogen) atoms. The summed E-state index contributed by atoms with van der Waals surface area (Å²) in [5.74, 6) is 0.627. The van der Waals surface area contributed by atoms with Crippen molar-refractivity contribution in [1.29, 1.82) is 10.5 Å². The van der Waals surface area contributed by atoms with E-state index >= 15 is 0 Å². The molecule has 6 heteroatoms. The van der Waals surface area contributed by atoms with Crippen LogP contribution in [0.3, 0.4) is 0 Å². The molecule has 2 aromatic rings. The third-order valence-corrected chi connectivity index (χ3v) is 4.71. The molecule has 0 saturated heterocycles. The lowest BCUT2D eigenvalue weighted by Gasteiger charge is -2.15. The summed E-state index contributed by atoms with van der Waals surface area (Å²) in [7, 11) is 0. The molecular formula is C18H20N4OS. The molecule has 0 fully saturated rings. The van der Waals surface area contributed by atoms with Gasteiger partial charge in [-0.15, -0.1) is 0 Å². The number of nitrogens with zero attached hydrogens (tertiary/aromatic N) is 4. The van der Waals surface area contributed by atoms with Gasteiger partial charge in [0.25, 0.3) is 5.56 Å². The Morgan fingerprint density at radius 2 is 2.04 bits per heavy atom. The molecule has 1 aromatic carbocycles. The van der Waals surface area contributed by atoms with Gasteiger partial charge in [-0.3, -0.25) is 9.36 Å². The molecule has 0 aliphatic heterocycles. The SMILES string of the molecule is CC(C)Cn1c(SC[C@@H](C#N)CCC#N)nc2ccccc2c1=O. The summed E-state index contributed by atoms with van der Waals surface area (Å²) >= 11 is 1.42. The van der Waals surface area contributed by atoms with Crippen molar-refractivity contribution in [2.75, 3.05) is 5.75 Å². The number of fused-ring (bicyclic) bond motifs is 1. The van der Waals surface area contributed by atoms with Crippen LogP contribution >= 0.6 is 11.8 Å². The van der Waals surface area contributed by atoms with E-state index in [9.17, 15) is 10.1 Å². The number of aromatic nitrogens is 2. The minimum atomic E-state index is -0.217. The van der Waals surface area contributed by atoms with Crippen LogP contribution in [-0.2, 0) is 6.54 Å². The number of benzene rings is 1. The smallest absolute Gasteiger partial charge is 0.262 e. The van der Waals surface area contributed by atoms with Gasteiger partial charge in [0.05, 0.1) is 29.0 Å². The van der Waals surface area contributed by atoms with Crippen molar-refractivity contribution in [3.05, 3.63) is 34.6 Å². The van der Waals surface area contributed by atoms with E-state index in [1.807, 2.05) is 18.2 Å². The molecule has 0 radical (unpaired) electrons. The number of thioether (sulfide) groups is 1. The molecule has 0 bridgehead atoms. The summed E-state index contributed by atoms with van der Waals surface area (Å²) in [6, 6.07) is 11.6. The Bertz CT molecular complexity index is 845. The zero-order valence-corrected chi connectivity index (χ0v) is 14.7. The van der Waals surface area contributed by atoms with Gasteiger partial charge in [0.15, 0.2) is 5.16 Å². The molecule has 0 saturated carbocycles. The monoisotopic (exact) mass is 340 g/mol. The fourth-order valence-corrected chi connectivity index (χ4v) is 3.45. The van der Waals surface area contributed by atoms with Crippen LogP contribution < -0.4 is 5.56 Å². The van der Waals surface area contributed by atoms with Gasteiger partial charge in [0, 0.05) is 18.7 Å². The maximum atomic E-state index is 12.8. The van der Waals surface area contributed by atoms with E-state index in [-0.39, 0.29) is 11.5 Å². The normalized spacial score (nSPS) is 12.0. The fraction of sp³-hybridized carbons (Fsp3) is 0.444. The molecule has 1 atom stereocenters. The van der Waals surface area contributed by atoms with Crippen LogP contribution in [0.2, 0.25) is 0 Å². The van der Waals surface area contributed by atoms with Crippen molar-refractivity contribution in [2.45, 2.75) is 38.4 Å². The van der Waals surface area contributed by atoms with Crippen LogP contribution in [0.4, 0.5) is 0 Å². The Morgan fingerprint density at radius 3 is 2.71 bits per heavy atom. The summed E-state index contributed by atoms with van der Waals surface area (Å²) in [5, 5.41) is 19.1. The molecule has 1 aromatic heterocycles. The maximum absolute atomic E-state index is 12.8. The van der Waals surface area contributed by atoms with Gasteiger partial charge in [-0.2, -0.15) is 10.5 Å². The van der Waals surface area contributed by atoms with Crippen LogP contribution in [0.1, 0.15) is 26.7 Å². The first-order chi connectivity index (χ1) is 11.6. The van der Waals surface area contributed by atoms with Gasteiger partial charge in [-0.1, -0.05) is 37.7 Å². The van der Waals surface area contributed by atoms with E-state index in [2.05, 4.69) is 31.0 Å². The fourth-order valence-electron chi connectivity index (χ4n) is 2.38. The molecule has 0 aliphatic carbocycles. The molecule has 0 unspecified atom stereocenters. The zero-order chi connectivity index (χ0) is 17.5. The summed E-state index contributed by atoms with van der Waals surface area (Å²) in [4.78, 5) is 17.4. The van der Waals surface area contributed by atoms with E-state index in [1.54, 1.807) is 10.6 Å². The van der Waals surface area contributed by atoms with Gasteiger partial charge in [-0.05, 0) is 24.5 Å². The van der Waals surface area contributed by atoms with Crippen LogP contribution in [0.15, 0.2) is 34.2 Å². The highest BCUT2D eigenvalue weighted by molar-refractivity contribution is 7.99. The second kappa shape index (κ2) is 8.52. The molecule has 1 heterocycles. The van der Waals surface area contributed by atoms with Gasteiger partial charge < -0.3 is 0 Å². The Kier molecular flexibility index (Phi) is 6.40. The van der Waals surface area contributed by atoms with Crippen molar-refractivity contribution in [2.24, 2.45) is 11.8 Å². The standard InChI is InChI=1S/C18H20N4OS/c1-13(2)11-22-17(23)15-7-3-4-8-16(15)21-18(22)24-12-14(10-20)6-5-9-19/h3-4,7-8,13-14H,5-6,11-12H2,1-2H3/t14-/m1/s1. The summed E-state index contributed by atoms with van der Waals surface area (Å²) in [6.45, 7) is 4.70. The number of nitriles is 2. The van der Waals surface area contributed by atoms with Crippen LogP contribution in [0.5, 0.6) is 0 Å². The summed E-state index contributed by atoms with van der Waals surface area (Å²) in [6.07, 6.45) is 0.907. The molecule has 0 aliphatic rings. The van der Waals surface area contributed by atoms with Crippen LogP contribution in [-0.4, -0.2) is 15.3 Å². The molecule has 5 nitrogen and oxygen atoms in total. The number of hydrogen-bond acceptors (Lipinski definition) is 5. The van der Waals surface area contributed by atoms with Crippen molar-refractivity contribution in [3.8, 4) is 12.1 Å². The lowest BCUT2D eigenvalue weighted by molar-refractivity contribution is 0.475. The number of para-hydroxylation sites is 1. The Morgan fingerprint density at radius 1 is 1.29 bits per heavy atom. The first-order valence-electron chi connectivity index (χ1n) is 7.95. The van der Waals surface area contributed by atoms with E-state index < -0.39 is 0 Å². The molecule has 0 amide bonds. The van der Waals surface area contributed by atoms with Gasteiger partial charge in [0.1, 0.15) is 0 Å². The van der Waals surface area contributed by atoms with Crippen molar-refractivity contribution in [1.82, 2.24) is 9.55 Å². The van der Waals surface area contributed by atoms with Gasteiger partial charge in [-0.25, -0.2) is 4.98 Å². The lowest BCUT2D eigenvalue weighted by atomic mass is 10.1. The number of rotatable bonds is 7. The highest BCUT2D eigenvalue weighted by Gasteiger charge is 2.15. The third kappa shape index (κ3) is 4.37. The molecular weight excluding hydrogens is 320 g/mol. The lowest BCUT2D eigenvalue weighted by Crippen LogP contribution is -2.25. The second-order valence-corrected chi connectivity index (χ2v) is 7.04. The largest absolute Gasteiger partial charge is 0.287 e. The van der Waals surface area contributed by atoms with Gasteiger partial charge in [0.2, 0.25) is 0 Å². The number of hydrogen-bond donors (Lipinski definition) is 0. The molecule has 2 rings (SSSR count). The quantitative estimate of drug-likeness (QED) is 0.568. The highest BCUT2D eigenvalue weighted by atomic mass is 32.2. The summed E-state index contributed by atoms with van der Waals surface area (Å²) in [5.41, 5.74) is 0.637. The van der Waals surface area contributed by atoms with E-state index in [0.717, 1.165) is 0 Å². The predicted molar refractivity (Wildman–Crippen MR) is 95.5 cm³/mol. The van der Waals surface area contributed by atoms with Crippen molar-refractivity contribution >= 4 is 22.7 Å². The second-order valence-electron chi connectivity index (χ2n) is 6.05. The zero-order valence-electron chi connectivity index (χ0n) is 13.9. The Hall–Kier alpha value is -2.31. The average Bonchev–Trinajstić information content (AvgIpc) is 2.58. The third-order valence-electron chi connectivity index (χ3n) is 3.58. The minimum Gasteiger partial charge on any atom is -0.287 e. The van der Waals surface area contributed by atoms with E-state index in [0.29, 0.717) is 47.1 Å².